The molecule has 174 valence electrons. The van der Waals surface area contributed by atoms with Gasteiger partial charge in [-0.15, -0.1) is 0 Å². The summed E-state index contributed by atoms with van der Waals surface area (Å²) in [6, 6.07) is 28.5. The van der Waals surface area contributed by atoms with Gasteiger partial charge in [-0.2, -0.15) is 0 Å². The molecule has 3 aromatic rings. The van der Waals surface area contributed by atoms with E-state index in [1.54, 1.807) is 0 Å². The van der Waals surface area contributed by atoms with Crippen LogP contribution in [0.5, 0.6) is 0 Å². The highest BCUT2D eigenvalue weighted by molar-refractivity contribution is 5.15. The second-order valence-corrected chi connectivity index (χ2v) is 7.96. The molecule has 0 N–H and O–H groups in total. The Kier molecular flexibility index (Phi) is 8.55. The molecule has 0 bridgehead atoms. The molecule has 5 atom stereocenters. The van der Waals surface area contributed by atoms with Crippen molar-refractivity contribution in [1.29, 1.82) is 0 Å². The largest absolute Gasteiger partial charge is 0.368 e. The molecule has 1 aliphatic heterocycles. The first-order valence-electron chi connectivity index (χ1n) is 11.1. The van der Waals surface area contributed by atoms with Crippen LogP contribution >= 0.6 is 0 Å². The summed E-state index contributed by atoms with van der Waals surface area (Å²) in [5.41, 5.74) is 2.72. The lowest BCUT2D eigenvalue weighted by atomic mass is 9.98. The topological polar surface area (TPSA) is 36.9 Å². The molecule has 1 saturated heterocycles. The van der Waals surface area contributed by atoms with Crippen molar-refractivity contribution in [2.24, 2.45) is 0 Å². The molecule has 33 heavy (non-hydrogen) atoms. The maximum atomic E-state index is 15.1. The van der Waals surface area contributed by atoms with E-state index >= 15 is 4.39 Å². The van der Waals surface area contributed by atoms with Crippen LogP contribution in [0.25, 0.3) is 0 Å². The van der Waals surface area contributed by atoms with Gasteiger partial charge >= 0.3 is 0 Å². The fraction of sp³-hybridized carbons (Fsp3) is 0.333. The number of ether oxygens (including phenoxy) is 4. The Labute approximate surface area is 193 Å². The van der Waals surface area contributed by atoms with Crippen LogP contribution < -0.4 is 0 Å². The van der Waals surface area contributed by atoms with Crippen LogP contribution in [0.2, 0.25) is 0 Å². The van der Waals surface area contributed by atoms with E-state index in [1.165, 1.54) is 0 Å². The molecular weight excluding hydrogens is 426 g/mol. The van der Waals surface area contributed by atoms with Crippen molar-refractivity contribution in [3.05, 3.63) is 108 Å². The van der Waals surface area contributed by atoms with Crippen LogP contribution in [0.4, 0.5) is 8.78 Å². The summed E-state index contributed by atoms with van der Waals surface area (Å²) in [6.45, 7) is -0.283. The Morgan fingerprint density at radius 1 is 0.576 bits per heavy atom. The third kappa shape index (κ3) is 6.45. The highest BCUT2D eigenvalue weighted by Gasteiger charge is 2.48. The minimum atomic E-state index is -1.84. The van der Waals surface area contributed by atoms with Gasteiger partial charge in [0.1, 0.15) is 31.1 Å². The predicted octanol–water partition coefficient (Wildman–Crippen LogP) is 5.41. The van der Waals surface area contributed by atoms with Crippen molar-refractivity contribution < 1.29 is 27.7 Å². The van der Waals surface area contributed by atoms with E-state index in [4.69, 9.17) is 18.9 Å². The maximum Gasteiger partial charge on any atom is 0.228 e. The lowest BCUT2D eigenvalue weighted by Crippen LogP contribution is -2.59. The molecule has 1 fully saturated rings. The van der Waals surface area contributed by atoms with Crippen LogP contribution in [-0.4, -0.2) is 37.4 Å². The van der Waals surface area contributed by atoms with Gasteiger partial charge in [-0.3, -0.25) is 0 Å². The van der Waals surface area contributed by atoms with Crippen molar-refractivity contribution in [1.82, 2.24) is 0 Å². The first kappa shape index (κ1) is 23.5. The Morgan fingerprint density at radius 2 is 0.970 bits per heavy atom. The van der Waals surface area contributed by atoms with E-state index in [1.807, 2.05) is 91.0 Å². The second kappa shape index (κ2) is 12.0. The molecule has 3 aromatic carbocycles. The Hall–Kier alpha value is -2.64. The Bertz CT molecular complexity index is 942. The predicted molar refractivity (Wildman–Crippen MR) is 121 cm³/mol. The Morgan fingerprint density at radius 3 is 1.39 bits per heavy atom. The third-order valence-corrected chi connectivity index (χ3v) is 5.59. The number of hydrogen-bond donors (Lipinski definition) is 0. The maximum absolute atomic E-state index is 15.1. The zero-order valence-corrected chi connectivity index (χ0v) is 18.3. The molecule has 4 nitrogen and oxygen atoms in total. The van der Waals surface area contributed by atoms with Crippen LogP contribution in [0.15, 0.2) is 91.0 Å². The van der Waals surface area contributed by atoms with Crippen molar-refractivity contribution in [2.75, 3.05) is 6.67 Å². The molecule has 1 heterocycles. The van der Waals surface area contributed by atoms with E-state index < -0.39 is 37.4 Å². The molecule has 6 heteroatoms. The van der Waals surface area contributed by atoms with E-state index in [0.29, 0.717) is 0 Å². The molecular formula is C27H28F2O4. The first-order valence-corrected chi connectivity index (χ1v) is 11.1. The van der Waals surface area contributed by atoms with Crippen molar-refractivity contribution in [3.8, 4) is 0 Å². The number of hydrogen-bond acceptors (Lipinski definition) is 4. The van der Waals surface area contributed by atoms with Gasteiger partial charge in [0.2, 0.25) is 6.36 Å². The highest BCUT2D eigenvalue weighted by atomic mass is 19.1. The normalized spacial score (nSPS) is 25.1. The number of alkyl halides is 2. The molecule has 4 rings (SSSR count). The number of benzene rings is 3. The first-order chi connectivity index (χ1) is 16.2. The minimum Gasteiger partial charge on any atom is -0.368 e. The summed E-state index contributed by atoms with van der Waals surface area (Å²) in [7, 11) is 0. The van der Waals surface area contributed by atoms with Crippen LogP contribution in [0.1, 0.15) is 16.7 Å². The summed E-state index contributed by atoms with van der Waals surface area (Å²) >= 11 is 0. The smallest absolute Gasteiger partial charge is 0.228 e. The summed E-state index contributed by atoms with van der Waals surface area (Å²) in [5, 5.41) is 0. The van der Waals surface area contributed by atoms with Gasteiger partial charge in [0.25, 0.3) is 0 Å². The van der Waals surface area contributed by atoms with Gasteiger partial charge in [0, 0.05) is 0 Å². The van der Waals surface area contributed by atoms with E-state index in [0.717, 1.165) is 16.7 Å². The van der Waals surface area contributed by atoms with Crippen molar-refractivity contribution in [2.45, 2.75) is 50.6 Å². The summed E-state index contributed by atoms with van der Waals surface area (Å²) in [5.74, 6) is 0. The van der Waals surface area contributed by atoms with E-state index in [2.05, 4.69) is 0 Å². The summed E-state index contributed by atoms with van der Waals surface area (Å²) in [6.07, 6.45) is -5.71. The molecule has 1 aliphatic rings. The fourth-order valence-electron chi connectivity index (χ4n) is 3.86. The van der Waals surface area contributed by atoms with Crippen LogP contribution in [-0.2, 0) is 38.8 Å². The molecule has 0 unspecified atom stereocenters. The SMILES string of the molecule is FC[C@H]1O[C@@H](F)[C@H](OCc2ccccc2)[C@@H](OCc2ccccc2)[C@@H]1OCc1ccccc1. The van der Waals surface area contributed by atoms with Crippen molar-refractivity contribution in [3.63, 3.8) is 0 Å². The van der Waals surface area contributed by atoms with Crippen LogP contribution in [0.3, 0.4) is 0 Å². The zero-order valence-electron chi connectivity index (χ0n) is 18.3. The minimum absolute atomic E-state index is 0.173. The lowest BCUT2D eigenvalue weighted by Gasteiger charge is -2.43. The second-order valence-electron chi connectivity index (χ2n) is 7.96. The monoisotopic (exact) mass is 454 g/mol. The quantitative estimate of drug-likeness (QED) is 0.411. The zero-order chi connectivity index (χ0) is 22.9. The fourth-order valence-corrected chi connectivity index (χ4v) is 3.86. The molecule has 0 spiro atoms. The molecule has 0 aromatic heterocycles. The molecule has 0 aliphatic carbocycles. The third-order valence-electron chi connectivity index (χ3n) is 5.59. The van der Waals surface area contributed by atoms with Crippen molar-refractivity contribution >= 4 is 0 Å². The van der Waals surface area contributed by atoms with E-state index in [-0.39, 0.29) is 19.8 Å². The van der Waals surface area contributed by atoms with Gasteiger partial charge in [-0.25, -0.2) is 8.78 Å². The number of halogens is 2. The number of rotatable bonds is 10. The van der Waals surface area contributed by atoms with Gasteiger partial charge in [0.05, 0.1) is 19.8 Å². The molecule has 0 radical (unpaired) electrons. The van der Waals surface area contributed by atoms with Gasteiger partial charge in [-0.05, 0) is 16.7 Å². The average molecular weight is 455 g/mol. The molecule has 0 saturated carbocycles. The average Bonchev–Trinajstić information content (AvgIpc) is 2.87. The van der Waals surface area contributed by atoms with E-state index in [9.17, 15) is 4.39 Å². The lowest BCUT2D eigenvalue weighted by molar-refractivity contribution is -0.293. The Balaban J connectivity index is 1.53. The summed E-state index contributed by atoms with van der Waals surface area (Å²) in [4.78, 5) is 0. The molecule has 0 amide bonds. The van der Waals surface area contributed by atoms with Gasteiger partial charge in [-0.1, -0.05) is 91.0 Å². The highest BCUT2D eigenvalue weighted by Crippen LogP contribution is 2.31. The van der Waals surface area contributed by atoms with Gasteiger partial charge in [0.15, 0.2) is 0 Å². The van der Waals surface area contributed by atoms with Crippen LogP contribution in [0, 0.1) is 0 Å². The summed E-state index contributed by atoms with van der Waals surface area (Å²) < 4.78 is 52.4. The standard InChI is InChI=1S/C27H28F2O4/c28-16-23-24(30-17-20-10-4-1-5-11-20)25(31-18-21-12-6-2-7-13-21)26(27(29)33-23)32-19-22-14-8-3-9-15-22/h1-15,23-27H,16-19H2/t23-,24-,25+,26-,27-/m1/s1. The van der Waals surface area contributed by atoms with Gasteiger partial charge < -0.3 is 18.9 Å².